The maximum atomic E-state index is 11.1. The minimum atomic E-state index is 0.0369. The van der Waals surface area contributed by atoms with E-state index in [1.54, 1.807) is 0 Å². The Labute approximate surface area is 73.1 Å². The molecule has 12 heavy (non-hydrogen) atoms. The lowest BCUT2D eigenvalue weighted by Crippen LogP contribution is -2.35. The first kappa shape index (κ1) is 9.08. The Balaban J connectivity index is 2.13. The molecule has 1 aliphatic heterocycles. The molecule has 0 atom stereocenters. The van der Waals surface area contributed by atoms with Crippen LogP contribution in [0.2, 0.25) is 0 Å². The van der Waals surface area contributed by atoms with Crippen molar-refractivity contribution < 1.29 is 4.79 Å². The van der Waals surface area contributed by atoms with Gasteiger partial charge >= 0.3 is 0 Å². The van der Waals surface area contributed by atoms with Crippen molar-refractivity contribution in [3.63, 3.8) is 0 Å². The molecule has 3 nitrogen and oxygen atoms in total. The maximum absolute atomic E-state index is 11.1. The lowest BCUT2D eigenvalue weighted by molar-refractivity contribution is -0.121. The SMILES string of the molecule is C#CCNC(=O)CN1CCCC1. The van der Waals surface area contributed by atoms with E-state index in [0.717, 1.165) is 13.1 Å². The fourth-order valence-electron chi connectivity index (χ4n) is 1.35. The Morgan fingerprint density at radius 1 is 1.50 bits per heavy atom. The van der Waals surface area contributed by atoms with Crippen LogP contribution in [0.4, 0.5) is 0 Å². The molecule has 0 unspecified atom stereocenters. The lowest BCUT2D eigenvalue weighted by Gasteiger charge is -2.12. The Morgan fingerprint density at radius 2 is 2.17 bits per heavy atom. The van der Waals surface area contributed by atoms with Crippen molar-refractivity contribution in [3.8, 4) is 12.3 Å². The van der Waals surface area contributed by atoms with Gasteiger partial charge in [0.1, 0.15) is 0 Å². The summed E-state index contributed by atoms with van der Waals surface area (Å²) in [5, 5.41) is 2.64. The number of hydrogen-bond acceptors (Lipinski definition) is 2. The monoisotopic (exact) mass is 166 g/mol. The van der Waals surface area contributed by atoms with Gasteiger partial charge in [-0.15, -0.1) is 6.42 Å². The molecule has 1 N–H and O–H groups in total. The van der Waals surface area contributed by atoms with Gasteiger partial charge in [-0.1, -0.05) is 5.92 Å². The fraction of sp³-hybridized carbons (Fsp3) is 0.667. The number of hydrogen-bond donors (Lipinski definition) is 1. The second-order valence-electron chi connectivity index (χ2n) is 2.96. The quantitative estimate of drug-likeness (QED) is 0.590. The molecular weight excluding hydrogens is 152 g/mol. The highest BCUT2D eigenvalue weighted by molar-refractivity contribution is 5.78. The van der Waals surface area contributed by atoms with E-state index in [0.29, 0.717) is 13.1 Å². The van der Waals surface area contributed by atoms with Gasteiger partial charge in [0.2, 0.25) is 5.91 Å². The van der Waals surface area contributed by atoms with Crippen LogP contribution in [0.15, 0.2) is 0 Å². The van der Waals surface area contributed by atoms with Gasteiger partial charge < -0.3 is 5.32 Å². The third kappa shape index (κ3) is 2.93. The summed E-state index contributed by atoms with van der Waals surface area (Å²) in [5.74, 6) is 2.41. The zero-order valence-electron chi connectivity index (χ0n) is 7.18. The number of terminal acetylenes is 1. The van der Waals surface area contributed by atoms with E-state index in [4.69, 9.17) is 6.42 Å². The van der Waals surface area contributed by atoms with E-state index in [1.165, 1.54) is 12.8 Å². The van der Waals surface area contributed by atoms with Crippen LogP contribution < -0.4 is 5.32 Å². The molecule has 66 valence electrons. The van der Waals surface area contributed by atoms with Crippen molar-refractivity contribution in [2.24, 2.45) is 0 Å². The van der Waals surface area contributed by atoms with Gasteiger partial charge in [0.25, 0.3) is 0 Å². The summed E-state index contributed by atoms with van der Waals surface area (Å²) >= 11 is 0. The van der Waals surface area contributed by atoms with Crippen molar-refractivity contribution in [2.45, 2.75) is 12.8 Å². The molecule has 1 heterocycles. The molecule has 1 aliphatic rings. The smallest absolute Gasteiger partial charge is 0.234 e. The summed E-state index contributed by atoms with van der Waals surface area (Å²) < 4.78 is 0. The van der Waals surface area contributed by atoms with E-state index in [1.807, 2.05) is 0 Å². The second-order valence-corrected chi connectivity index (χ2v) is 2.96. The van der Waals surface area contributed by atoms with E-state index >= 15 is 0 Å². The molecule has 0 aromatic carbocycles. The lowest BCUT2D eigenvalue weighted by atomic mass is 10.4. The number of likely N-dealkylation sites (tertiary alicyclic amines) is 1. The molecule has 1 amide bonds. The number of rotatable bonds is 3. The number of amides is 1. The summed E-state index contributed by atoms with van der Waals surface area (Å²) in [6.45, 7) is 2.93. The first-order valence-corrected chi connectivity index (χ1v) is 4.25. The van der Waals surface area contributed by atoms with Crippen LogP contribution in [0.5, 0.6) is 0 Å². The molecule has 1 rings (SSSR count). The number of carbonyl (C=O) groups is 1. The highest BCUT2D eigenvalue weighted by Gasteiger charge is 2.13. The predicted octanol–water partition coefficient (Wildman–Crippen LogP) is -0.168. The van der Waals surface area contributed by atoms with Crippen molar-refractivity contribution >= 4 is 5.91 Å². The summed E-state index contributed by atoms with van der Waals surface area (Å²) in [5.41, 5.74) is 0. The highest BCUT2D eigenvalue weighted by atomic mass is 16.2. The number of nitrogens with zero attached hydrogens (tertiary/aromatic N) is 1. The van der Waals surface area contributed by atoms with Crippen LogP contribution in [0.1, 0.15) is 12.8 Å². The van der Waals surface area contributed by atoms with Gasteiger partial charge in [-0.3, -0.25) is 9.69 Å². The largest absolute Gasteiger partial charge is 0.344 e. The van der Waals surface area contributed by atoms with E-state index in [2.05, 4.69) is 16.1 Å². The van der Waals surface area contributed by atoms with Gasteiger partial charge in [-0.25, -0.2) is 0 Å². The molecule has 0 aromatic heterocycles. The third-order valence-corrected chi connectivity index (χ3v) is 1.95. The summed E-state index contributed by atoms with van der Waals surface area (Å²) in [6.07, 6.45) is 7.43. The first-order valence-electron chi connectivity index (χ1n) is 4.25. The topological polar surface area (TPSA) is 32.3 Å². The highest BCUT2D eigenvalue weighted by Crippen LogP contribution is 2.05. The molecule has 0 radical (unpaired) electrons. The van der Waals surface area contributed by atoms with Crippen LogP contribution in [0.25, 0.3) is 0 Å². The summed E-state index contributed by atoms with van der Waals surface area (Å²) in [6, 6.07) is 0. The Hall–Kier alpha value is -1.01. The van der Waals surface area contributed by atoms with Gasteiger partial charge in [-0.05, 0) is 25.9 Å². The van der Waals surface area contributed by atoms with E-state index in [-0.39, 0.29) is 5.91 Å². The van der Waals surface area contributed by atoms with E-state index in [9.17, 15) is 4.79 Å². The third-order valence-electron chi connectivity index (χ3n) is 1.95. The van der Waals surface area contributed by atoms with Gasteiger partial charge in [0.05, 0.1) is 13.1 Å². The molecule has 0 aliphatic carbocycles. The maximum Gasteiger partial charge on any atom is 0.234 e. The molecule has 3 heteroatoms. The molecule has 0 saturated carbocycles. The van der Waals surface area contributed by atoms with Crippen LogP contribution in [-0.2, 0) is 4.79 Å². The number of carbonyl (C=O) groups excluding carboxylic acids is 1. The van der Waals surface area contributed by atoms with Gasteiger partial charge in [-0.2, -0.15) is 0 Å². The molecule has 0 aromatic rings. The van der Waals surface area contributed by atoms with Crippen molar-refractivity contribution in [3.05, 3.63) is 0 Å². The normalized spacial score (nSPS) is 17.2. The average Bonchev–Trinajstić information content (AvgIpc) is 2.53. The fourth-order valence-corrected chi connectivity index (χ4v) is 1.35. The summed E-state index contributed by atoms with van der Waals surface area (Å²) in [4.78, 5) is 13.3. The molecule has 0 spiro atoms. The number of nitrogens with one attached hydrogen (secondary N) is 1. The minimum Gasteiger partial charge on any atom is -0.344 e. The molecule has 1 saturated heterocycles. The van der Waals surface area contributed by atoms with Crippen molar-refractivity contribution in [2.75, 3.05) is 26.2 Å². The minimum absolute atomic E-state index is 0.0369. The van der Waals surface area contributed by atoms with Crippen LogP contribution >= 0.6 is 0 Å². The molecule has 0 bridgehead atoms. The van der Waals surface area contributed by atoms with Crippen molar-refractivity contribution in [1.82, 2.24) is 10.2 Å². The Kier molecular flexibility index (Phi) is 3.62. The molecule has 1 fully saturated rings. The van der Waals surface area contributed by atoms with Gasteiger partial charge in [0, 0.05) is 0 Å². The Bertz CT molecular complexity index is 189. The predicted molar refractivity (Wildman–Crippen MR) is 47.5 cm³/mol. The average molecular weight is 166 g/mol. The second kappa shape index (κ2) is 4.78. The van der Waals surface area contributed by atoms with Gasteiger partial charge in [0.15, 0.2) is 0 Å². The standard InChI is InChI=1S/C9H14N2O/c1-2-5-10-9(12)8-11-6-3-4-7-11/h1H,3-8H2,(H,10,12). The van der Waals surface area contributed by atoms with Crippen molar-refractivity contribution in [1.29, 1.82) is 0 Å². The first-order chi connectivity index (χ1) is 5.83. The summed E-state index contributed by atoms with van der Waals surface area (Å²) in [7, 11) is 0. The van der Waals surface area contributed by atoms with Crippen LogP contribution in [0, 0.1) is 12.3 Å². The van der Waals surface area contributed by atoms with Crippen LogP contribution in [-0.4, -0.2) is 37.0 Å². The zero-order chi connectivity index (χ0) is 8.81. The van der Waals surface area contributed by atoms with E-state index < -0.39 is 0 Å². The molecular formula is C9H14N2O. The zero-order valence-corrected chi connectivity index (χ0v) is 7.18. The van der Waals surface area contributed by atoms with Crippen LogP contribution in [0.3, 0.4) is 0 Å². The Morgan fingerprint density at radius 3 is 2.75 bits per heavy atom.